The highest BCUT2D eigenvalue weighted by Gasteiger charge is 2.14. The highest BCUT2D eigenvalue weighted by Crippen LogP contribution is 2.27. The van der Waals surface area contributed by atoms with Crippen molar-refractivity contribution in [3.8, 4) is 5.69 Å². The molecule has 0 aliphatic heterocycles. The van der Waals surface area contributed by atoms with Crippen LogP contribution < -0.4 is 5.56 Å². The lowest BCUT2D eigenvalue weighted by molar-refractivity contribution is 0.627. The monoisotopic (exact) mass is 411 g/mol. The van der Waals surface area contributed by atoms with Crippen molar-refractivity contribution in [2.75, 3.05) is 0 Å². The van der Waals surface area contributed by atoms with Gasteiger partial charge in [-0.2, -0.15) is 0 Å². The number of halogens is 1. The molecular weight excluding hydrogens is 393 g/mol. The minimum Gasteiger partial charge on any atom is -0.268 e. The van der Waals surface area contributed by atoms with Gasteiger partial charge < -0.3 is 0 Å². The van der Waals surface area contributed by atoms with E-state index in [9.17, 15) is 9.18 Å². The Bertz CT molecular complexity index is 1180. The van der Waals surface area contributed by atoms with Crippen LogP contribution in [-0.2, 0) is 5.75 Å². The lowest BCUT2D eigenvalue weighted by atomic mass is 10.2. The number of nitrogens with zero attached hydrogens (tertiary/aromatic N) is 3. The Morgan fingerprint density at radius 3 is 2.57 bits per heavy atom. The van der Waals surface area contributed by atoms with Crippen molar-refractivity contribution in [3.63, 3.8) is 0 Å². The van der Waals surface area contributed by atoms with Crippen molar-refractivity contribution >= 4 is 34.0 Å². The van der Waals surface area contributed by atoms with Crippen molar-refractivity contribution in [1.82, 2.24) is 14.5 Å². The molecule has 142 valence electrons. The molecule has 2 aromatic carbocycles. The van der Waals surface area contributed by atoms with E-state index in [-0.39, 0.29) is 11.4 Å². The molecule has 0 aliphatic rings. The van der Waals surface area contributed by atoms with E-state index in [1.165, 1.54) is 23.9 Å². The highest BCUT2D eigenvalue weighted by molar-refractivity contribution is 7.98. The summed E-state index contributed by atoms with van der Waals surface area (Å²) in [7, 11) is 0. The van der Waals surface area contributed by atoms with Crippen LogP contribution >= 0.6 is 23.1 Å². The first kappa shape index (κ1) is 18.8. The lowest BCUT2D eigenvalue weighted by Crippen LogP contribution is -2.21. The van der Waals surface area contributed by atoms with Gasteiger partial charge in [-0.25, -0.2) is 14.4 Å². The molecule has 0 bridgehead atoms. The predicted octanol–water partition coefficient (Wildman–Crippen LogP) is 5.40. The molecule has 0 atom stereocenters. The smallest absolute Gasteiger partial charge is 0.266 e. The van der Waals surface area contributed by atoms with Gasteiger partial charge in [0.05, 0.1) is 27.3 Å². The zero-order valence-corrected chi connectivity index (χ0v) is 17.1. The zero-order valence-electron chi connectivity index (χ0n) is 15.4. The van der Waals surface area contributed by atoms with E-state index in [0.29, 0.717) is 33.4 Å². The van der Waals surface area contributed by atoms with E-state index in [0.717, 1.165) is 10.7 Å². The number of thioether (sulfide) groups is 1. The summed E-state index contributed by atoms with van der Waals surface area (Å²) in [5.41, 5.74) is 2.04. The molecular formula is C21H18FN3OS2. The number of benzene rings is 2. The van der Waals surface area contributed by atoms with Gasteiger partial charge in [0, 0.05) is 17.1 Å². The molecule has 0 amide bonds. The van der Waals surface area contributed by atoms with Gasteiger partial charge in [-0.1, -0.05) is 37.7 Å². The third-order valence-corrected chi connectivity index (χ3v) is 6.41. The highest BCUT2D eigenvalue weighted by atomic mass is 32.2. The minimum absolute atomic E-state index is 0.166. The topological polar surface area (TPSA) is 47.8 Å². The first-order valence-corrected chi connectivity index (χ1v) is 10.7. The first-order valence-electron chi connectivity index (χ1n) is 8.88. The Kier molecular flexibility index (Phi) is 5.28. The molecule has 0 fully saturated rings. The largest absolute Gasteiger partial charge is 0.268 e. The van der Waals surface area contributed by atoms with Gasteiger partial charge in [0.1, 0.15) is 5.82 Å². The molecule has 0 spiro atoms. The Morgan fingerprint density at radius 2 is 1.86 bits per heavy atom. The standard InChI is InChI=1S/C21H18FN3OS2/c1-13(2)19-23-15(11-27-19)12-28-21-24-18-6-4-3-5-17(18)20(26)25(21)16-9-7-14(22)8-10-16/h3-11,13H,12H2,1-2H3. The van der Waals surface area contributed by atoms with Crippen LogP contribution in [0.25, 0.3) is 16.6 Å². The van der Waals surface area contributed by atoms with Gasteiger partial charge in [0.2, 0.25) is 0 Å². The van der Waals surface area contributed by atoms with Crippen LogP contribution in [0.1, 0.15) is 30.5 Å². The zero-order chi connectivity index (χ0) is 19.7. The lowest BCUT2D eigenvalue weighted by Gasteiger charge is -2.13. The van der Waals surface area contributed by atoms with E-state index >= 15 is 0 Å². The van der Waals surface area contributed by atoms with Crippen molar-refractivity contribution < 1.29 is 4.39 Å². The van der Waals surface area contributed by atoms with Crippen LogP contribution in [0.15, 0.2) is 63.9 Å². The van der Waals surface area contributed by atoms with Gasteiger partial charge in [0.25, 0.3) is 5.56 Å². The third kappa shape index (κ3) is 3.72. The fraction of sp³-hybridized carbons (Fsp3) is 0.190. The van der Waals surface area contributed by atoms with Crippen LogP contribution in [0.2, 0.25) is 0 Å². The number of hydrogen-bond acceptors (Lipinski definition) is 5. The number of rotatable bonds is 5. The van der Waals surface area contributed by atoms with Gasteiger partial charge in [-0.3, -0.25) is 9.36 Å². The van der Waals surface area contributed by atoms with Crippen molar-refractivity contribution in [3.05, 3.63) is 80.8 Å². The first-order chi connectivity index (χ1) is 13.5. The summed E-state index contributed by atoms with van der Waals surface area (Å²) in [5.74, 6) is 0.651. The maximum atomic E-state index is 13.4. The van der Waals surface area contributed by atoms with E-state index in [4.69, 9.17) is 4.98 Å². The number of aromatic nitrogens is 3. The minimum atomic E-state index is -0.344. The second-order valence-corrected chi connectivity index (χ2v) is 8.48. The molecule has 0 N–H and O–H groups in total. The number of hydrogen-bond donors (Lipinski definition) is 0. The Hall–Kier alpha value is -2.51. The van der Waals surface area contributed by atoms with Gasteiger partial charge in [-0.15, -0.1) is 11.3 Å². The molecule has 4 aromatic rings. The third-order valence-electron chi connectivity index (χ3n) is 4.24. The maximum Gasteiger partial charge on any atom is 0.266 e. The summed E-state index contributed by atoms with van der Waals surface area (Å²) in [4.78, 5) is 22.5. The van der Waals surface area contributed by atoms with Crippen molar-refractivity contribution in [1.29, 1.82) is 0 Å². The molecule has 0 aliphatic carbocycles. The summed E-state index contributed by atoms with van der Waals surface area (Å²) in [6.45, 7) is 4.24. The number of thiazole rings is 1. The van der Waals surface area contributed by atoms with E-state index in [2.05, 4.69) is 18.8 Å². The average molecular weight is 412 g/mol. The number of fused-ring (bicyclic) bond motifs is 1. The predicted molar refractivity (Wildman–Crippen MR) is 113 cm³/mol. The molecule has 0 saturated heterocycles. The van der Waals surface area contributed by atoms with Gasteiger partial charge in [-0.05, 0) is 36.4 Å². The molecule has 2 aromatic heterocycles. The summed E-state index contributed by atoms with van der Waals surface area (Å²) in [6, 6.07) is 13.1. The van der Waals surface area contributed by atoms with Crippen LogP contribution in [0.4, 0.5) is 4.39 Å². The normalized spacial score (nSPS) is 11.4. The van der Waals surface area contributed by atoms with E-state index in [1.54, 1.807) is 34.1 Å². The van der Waals surface area contributed by atoms with Gasteiger partial charge >= 0.3 is 0 Å². The molecule has 7 heteroatoms. The Labute approximate surface area is 170 Å². The van der Waals surface area contributed by atoms with Crippen molar-refractivity contribution in [2.45, 2.75) is 30.7 Å². The van der Waals surface area contributed by atoms with Crippen molar-refractivity contribution in [2.24, 2.45) is 0 Å². The maximum absolute atomic E-state index is 13.4. The summed E-state index contributed by atoms with van der Waals surface area (Å²) < 4.78 is 14.9. The number of para-hydroxylation sites is 1. The molecule has 0 radical (unpaired) electrons. The SMILES string of the molecule is CC(C)c1nc(CSc2nc3ccccc3c(=O)n2-c2ccc(F)cc2)cs1. The molecule has 0 saturated carbocycles. The summed E-state index contributed by atoms with van der Waals surface area (Å²) in [5, 5.41) is 4.24. The quantitative estimate of drug-likeness (QED) is 0.326. The summed E-state index contributed by atoms with van der Waals surface area (Å²) in [6.07, 6.45) is 0. The van der Waals surface area contributed by atoms with Crippen LogP contribution in [-0.4, -0.2) is 14.5 Å². The average Bonchev–Trinajstić information content (AvgIpc) is 3.17. The Balaban J connectivity index is 1.77. The van der Waals surface area contributed by atoms with Crippen LogP contribution in [0.5, 0.6) is 0 Å². The molecule has 4 nitrogen and oxygen atoms in total. The Morgan fingerprint density at radius 1 is 1.11 bits per heavy atom. The van der Waals surface area contributed by atoms with E-state index in [1.807, 2.05) is 23.6 Å². The fourth-order valence-corrected chi connectivity index (χ4v) is 4.67. The van der Waals surface area contributed by atoms with E-state index < -0.39 is 0 Å². The second kappa shape index (κ2) is 7.85. The van der Waals surface area contributed by atoms with Crippen LogP contribution in [0.3, 0.4) is 0 Å². The molecule has 28 heavy (non-hydrogen) atoms. The molecule has 2 heterocycles. The van der Waals surface area contributed by atoms with Gasteiger partial charge in [0.15, 0.2) is 5.16 Å². The fourth-order valence-electron chi connectivity index (χ4n) is 2.82. The summed E-state index contributed by atoms with van der Waals surface area (Å²) >= 11 is 3.10. The molecule has 0 unspecified atom stereocenters. The van der Waals surface area contributed by atoms with Crippen LogP contribution in [0, 0.1) is 5.82 Å². The second-order valence-electron chi connectivity index (χ2n) is 6.65. The molecule has 4 rings (SSSR count).